The molecule has 11 rings (SSSR count). The van der Waals surface area contributed by atoms with Crippen LogP contribution in [0.3, 0.4) is 0 Å². The van der Waals surface area contributed by atoms with Crippen LogP contribution in [-0.4, -0.2) is 23.2 Å². The minimum Gasteiger partial charge on any atom is -0.456 e. The lowest BCUT2D eigenvalue weighted by Gasteiger charge is -2.21. The molecule has 192 valence electrons. The maximum absolute atomic E-state index is 6.25. The van der Waals surface area contributed by atoms with E-state index >= 15 is 0 Å². The summed E-state index contributed by atoms with van der Waals surface area (Å²) in [6.07, 6.45) is 0. The fourth-order valence-corrected chi connectivity index (χ4v) is 7.79. The van der Waals surface area contributed by atoms with Crippen molar-refractivity contribution in [2.75, 3.05) is 0 Å². The van der Waals surface area contributed by atoms with E-state index in [1.807, 2.05) is 18.2 Å². The number of hydrogen-bond donors (Lipinski definition) is 0. The van der Waals surface area contributed by atoms with E-state index in [4.69, 9.17) is 14.4 Å². The van der Waals surface area contributed by atoms with E-state index < -0.39 is 0 Å². The van der Waals surface area contributed by atoms with Gasteiger partial charge in [0.05, 0.1) is 38.5 Å². The maximum Gasteiger partial charge on any atom is 0.223 e. The molecule has 0 spiro atoms. The first kappa shape index (κ1) is 20.5. The van der Waals surface area contributed by atoms with E-state index in [9.17, 15) is 0 Å². The Labute approximate surface area is 232 Å². The molecule has 10 aromatic rings. The normalized spacial score (nSPS) is 14.8. The molecule has 0 radical (unpaired) electrons. The van der Waals surface area contributed by atoms with Gasteiger partial charge >= 0.3 is 0 Å². The van der Waals surface area contributed by atoms with E-state index in [1.165, 1.54) is 22.3 Å². The molecule has 0 unspecified atom stereocenters. The van der Waals surface area contributed by atoms with E-state index in [0.29, 0.717) is 0 Å². The Morgan fingerprint density at radius 1 is 0.585 bits per heavy atom. The Balaban J connectivity index is 1.33. The van der Waals surface area contributed by atoms with Gasteiger partial charge in [-0.1, -0.05) is 62.4 Å². The summed E-state index contributed by atoms with van der Waals surface area (Å²) in [6, 6.07) is 32.3. The summed E-state index contributed by atoms with van der Waals surface area (Å²) in [5.74, 6) is 1.76. The summed E-state index contributed by atoms with van der Waals surface area (Å²) in [5, 5.41) is 2.20. The molecular weight excluding hydrogens is 506 g/mol. The third-order valence-corrected chi connectivity index (χ3v) is 9.58. The second kappa shape index (κ2) is 6.34. The third-order valence-electron chi connectivity index (χ3n) is 9.58. The van der Waals surface area contributed by atoms with Gasteiger partial charge in [-0.05, 0) is 64.7 Å². The van der Waals surface area contributed by atoms with Crippen molar-refractivity contribution in [3.8, 4) is 11.1 Å². The fourth-order valence-electron chi connectivity index (χ4n) is 7.79. The van der Waals surface area contributed by atoms with Gasteiger partial charge in [-0.3, -0.25) is 8.80 Å². The van der Waals surface area contributed by atoms with Crippen LogP contribution in [0.4, 0.5) is 0 Å². The van der Waals surface area contributed by atoms with E-state index in [0.717, 1.165) is 72.1 Å². The molecule has 0 N–H and O–H groups in total. The molecule has 6 heteroatoms. The van der Waals surface area contributed by atoms with Gasteiger partial charge in [0, 0.05) is 10.8 Å². The standard InChI is InChI=1S/C35H21N5O/c1-35(2)21-10-5-3-8-18(21)20-16-24-27(17-22(20)35)38-25-11-7-12-26-32(25)40(33(38)37-24)34-36-23-14-15-29-30(31(23)39(26)34)19-9-4-6-13-28(19)41-29/h3-17H,1-2H3. The zero-order valence-electron chi connectivity index (χ0n) is 22.3. The lowest BCUT2D eigenvalue weighted by Crippen LogP contribution is -2.14. The average Bonchev–Trinajstić information content (AvgIpc) is 3.79. The van der Waals surface area contributed by atoms with Crippen molar-refractivity contribution in [1.82, 2.24) is 23.2 Å². The van der Waals surface area contributed by atoms with Crippen molar-refractivity contribution in [3.05, 3.63) is 102 Å². The second-order valence-electron chi connectivity index (χ2n) is 11.9. The van der Waals surface area contributed by atoms with Crippen molar-refractivity contribution in [2.45, 2.75) is 19.3 Å². The molecule has 0 fully saturated rings. The molecule has 1 aliphatic rings. The molecular formula is C35H21N5O. The van der Waals surface area contributed by atoms with E-state index in [2.05, 4.69) is 99.8 Å². The van der Waals surface area contributed by atoms with Gasteiger partial charge in [0.25, 0.3) is 0 Å². The van der Waals surface area contributed by atoms with Crippen LogP contribution < -0.4 is 0 Å². The number of rotatable bonds is 0. The number of furan rings is 1. The van der Waals surface area contributed by atoms with Gasteiger partial charge in [-0.2, -0.15) is 0 Å². The van der Waals surface area contributed by atoms with Crippen molar-refractivity contribution in [1.29, 1.82) is 0 Å². The zero-order chi connectivity index (χ0) is 26.8. The summed E-state index contributed by atoms with van der Waals surface area (Å²) in [4.78, 5) is 10.5. The summed E-state index contributed by atoms with van der Waals surface area (Å²) < 4.78 is 13.1. The average molecular weight is 528 g/mol. The van der Waals surface area contributed by atoms with Gasteiger partial charge < -0.3 is 4.42 Å². The quantitative estimate of drug-likeness (QED) is 0.199. The minimum absolute atomic E-state index is 0.0718. The van der Waals surface area contributed by atoms with E-state index in [1.54, 1.807) is 0 Å². The first-order valence-corrected chi connectivity index (χ1v) is 14.0. The van der Waals surface area contributed by atoms with Crippen LogP contribution in [0.2, 0.25) is 0 Å². The topological polar surface area (TPSA) is 52.2 Å². The Bertz CT molecular complexity index is 2780. The van der Waals surface area contributed by atoms with Gasteiger partial charge in [0.15, 0.2) is 0 Å². The van der Waals surface area contributed by atoms with Crippen molar-refractivity contribution in [3.63, 3.8) is 0 Å². The highest BCUT2D eigenvalue weighted by atomic mass is 16.3. The predicted octanol–water partition coefficient (Wildman–Crippen LogP) is 8.34. The molecule has 1 aliphatic carbocycles. The lowest BCUT2D eigenvalue weighted by atomic mass is 9.82. The van der Waals surface area contributed by atoms with Gasteiger partial charge in [-0.15, -0.1) is 0 Å². The fraction of sp³-hybridized carbons (Fsp3) is 0.0857. The number of aromatic nitrogens is 5. The Kier molecular flexibility index (Phi) is 3.17. The van der Waals surface area contributed by atoms with Crippen LogP contribution in [0.15, 0.2) is 95.4 Å². The van der Waals surface area contributed by atoms with Crippen LogP contribution in [0, 0.1) is 0 Å². The number of benzene rings is 5. The Morgan fingerprint density at radius 2 is 1.37 bits per heavy atom. The van der Waals surface area contributed by atoms with Crippen LogP contribution in [0.25, 0.3) is 83.2 Å². The predicted molar refractivity (Wildman–Crippen MR) is 163 cm³/mol. The molecule has 5 aromatic heterocycles. The van der Waals surface area contributed by atoms with Gasteiger partial charge in [0.2, 0.25) is 11.6 Å². The highest BCUT2D eigenvalue weighted by Crippen LogP contribution is 2.50. The molecule has 6 nitrogen and oxygen atoms in total. The lowest BCUT2D eigenvalue weighted by molar-refractivity contribution is 0.661. The Hall–Kier alpha value is -5.36. The molecule has 0 aliphatic heterocycles. The molecule has 41 heavy (non-hydrogen) atoms. The third kappa shape index (κ3) is 2.13. The maximum atomic E-state index is 6.25. The SMILES string of the molecule is CC1(C)c2ccccc2-c2cc3nc4n(c3cc21)c1cccc2c1n4c1nc3ccc4oc5ccccc5c4c3n21. The van der Waals surface area contributed by atoms with Crippen molar-refractivity contribution < 1.29 is 4.42 Å². The highest BCUT2D eigenvalue weighted by Gasteiger charge is 2.36. The molecule has 0 bridgehead atoms. The first-order valence-electron chi connectivity index (χ1n) is 14.0. The summed E-state index contributed by atoms with van der Waals surface area (Å²) >= 11 is 0. The summed E-state index contributed by atoms with van der Waals surface area (Å²) in [7, 11) is 0. The van der Waals surface area contributed by atoms with Crippen LogP contribution in [0.1, 0.15) is 25.0 Å². The molecule has 0 saturated carbocycles. The smallest absolute Gasteiger partial charge is 0.223 e. The minimum atomic E-state index is -0.0718. The first-order chi connectivity index (χ1) is 20.1. The molecule has 5 heterocycles. The van der Waals surface area contributed by atoms with Crippen LogP contribution >= 0.6 is 0 Å². The van der Waals surface area contributed by atoms with Crippen LogP contribution in [-0.2, 0) is 5.41 Å². The van der Waals surface area contributed by atoms with Crippen molar-refractivity contribution >= 4 is 72.1 Å². The van der Waals surface area contributed by atoms with E-state index in [-0.39, 0.29) is 5.41 Å². The van der Waals surface area contributed by atoms with Crippen LogP contribution in [0.5, 0.6) is 0 Å². The summed E-state index contributed by atoms with van der Waals surface area (Å²) in [6.45, 7) is 4.66. The van der Waals surface area contributed by atoms with Crippen molar-refractivity contribution in [2.24, 2.45) is 0 Å². The molecule has 0 atom stereocenters. The van der Waals surface area contributed by atoms with Gasteiger partial charge in [-0.25, -0.2) is 14.4 Å². The monoisotopic (exact) mass is 527 g/mol. The van der Waals surface area contributed by atoms with Gasteiger partial charge in [0.1, 0.15) is 16.7 Å². The molecule has 5 aromatic carbocycles. The molecule has 0 amide bonds. The molecule has 0 saturated heterocycles. The summed E-state index contributed by atoms with van der Waals surface area (Å²) in [5.41, 5.74) is 14.6. The zero-order valence-corrected chi connectivity index (χ0v) is 22.3. The number of fused-ring (bicyclic) bond motifs is 17. The largest absolute Gasteiger partial charge is 0.456 e. The number of hydrogen-bond acceptors (Lipinski definition) is 3. The number of imidazole rings is 4. The second-order valence-corrected chi connectivity index (χ2v) is 11.9. The highest BCUT2D eigenvalue weighted by molar-refractivity contribution is 6.19. The Morgan fingerprint density at radius 3 is 2.29 bits per heavy atom. The number of para-hydroxylation sites is 2. The number of nitrogens with zero attached hydrogens (tertiary/aromatic N) is 5.